The predicted octanol–water partition coefficient (Wildman–Crippen LogP) is 4.82. The molecule has 2 amide bonds. The highest BCUT2D eigenvalue weighted by Gasteiger charge is 2.50. The molecule has 1 aliphatic carbocycles. The van der Waals surface area contributed by atoms with Gasteiger partial charge in [-0.1, -0.05) is 73.5 Å². The molecule has 0 bridgehead atoms. The lowest BCUT2D eigenvalue weighted by Crippen LogP contribution is -2.56. The van der Waals surface area contributed by atoms with E-state index in [2.05, 4.69) is 15.3 Å². The van der Waals surface area contributed by atoms with Crippen molar-refractivity contribution in [3.8, 4) is 0 Å². The Kier molecular flexibility index (Phi) is 13.5. The topological polar surface area (TPSA) is 143 Å². The van der Waals surface area contributed by atoms with Gasteiger partial charge in [-0.25, -0.2) is 4.98 Å². The number of fused-ring (bicyclic) bond motifs is 1. The Morgan fingerprint density at radius 3 is 2.26 bits per heavy atom. The number of ketones is 4. The fourth-order valence-corrected chi connectivity index (χ4v) is 6.66. The molecule has 0 aromatic carbocycles. The Morgan fingerprint density at radius 1 is 0.957 bits per heavy atom. The summed E-state index contributed by atoms with van der Waals surface area (Å²) in [6.07, 6.45) is 10.8. The second-order valence-corrected chi connectivity index (χ2v) is 13.9. The number of likely N-dealkylation sites (tertiary alicyclic amines) is 1. The first-order valence-electron chi connectivity index (χ1n) is 17.0. The van der Waals surface area contributed by atoms with Crippen molar-refractivity contribution in [2.45, 2.75) is 105 Å². The molecule has 1 fully saturated rings. The van der Waals surface area contributed by atoms with Gasteiger partial charge in [-0.2, -0.15) is 0 Å². The van der Waals surface area contributed by atoms with Crippen LogP contribution in [-0.2, 0) is 24.0 Å². The van der Waals surface area contributed by atoms with E-state index in [9.17, 15) is 28.8 Å². The third-order valence-corrected chi connectivity index (χ3v) is 9.69. The van der Waals surface area contributed by atoms with Gasteiger partial charge in [-0.3, -0.25) is 33.8 Å². The van der Waals surface area contributed by atoms with Crippen molar-refractivity contribution in [2.24, 2.45) is 41.4 Å². The van der Waals surface area contributed by atoms with E-state index < -0.39 is 41.4 Å². The molecule has 7 atom stereocenters. The molecule has 0 saturated carbocycles. The van der Waals surface area contributed by atoms with Crippen molar-refractivity contribution in [3.05, 3.63) is 36.4 Å². The number of rotatable bonds is 18. The Hall–Kier alpha value is -3.56. The van der Waals surface area contributed by atoms with Gasteiger partial charge < -0.3 is 10.2 Å². The molecule has 1 aromatic rings. The molecule has 1 N–H and O–H groups in total. The highest BCUT2D eigenvalue weighted by Crippen LogP contribution is 2.40. The smallest absolute Gasteiger partial charge is 0.246 e. The lowest BCUT2D eigenvalue weighted by Gasteiger charge is -2.33. The summed E-state index contributed by atoms with van der Waals surface area (Å²) in [6, 6.07) is -1.66. The number of amides is 2. The summed E-state index contributed by atoms with van der Waals surface area (Å²) >= 11 is 0. The van der Waals surface area contributed by atoms with E-state index in [0.29, 0.717) is 25.8 Å². The third kappa shape index (κ3) is 9.04. The summed E-state index contributed by atoms with van der Waals surface area (Å²) in [4.78, 5) is 90.4. The standard InChI is InChI=1S/C36H52N4O6/c1-8-11-24(34(44)31(43)16-23(7)9-2)17-30(42)33-26-13-10-12-25(26)20-40(33)36(46)32(22(5)6)39-35(45)27(21(3)4)18-29(41)28-19-37-14-15-38-28/h10,12,14-15,19,21-27,32-33H,8-9,11,13,16-18,20H2,1-7H3,(H,39,45)/t23-,24?,25-,26-,27+,32-,33-/m0/s1. The molecule has 0 radical (unpaired) electrons. The number of nitrogens with one attached hydrogen (secondary N) is 1. The van der Waals surface area contributed by atoms with Gasteiger partial charge in [0.2, 0.25) is 17.6 Å². The number of Topliss-reactive ketones (excluding diaryl/α,β-unsaturated/α-hetero) is 4. The lowest BCUT2D eigenvalue weighted by molar-refractivity contribution is -0.144. The zero-order valence-corrected chi connectivity index (χ0v) is 28.5. The van der Waals surface area contributed by atoms with Gasteiger partial charge in [-0.05, 0) is 42.4 Å². The summed E-state index contributed by atoms with van der Waals surface area (Å²) in [7, 11) is 0. The Labute approximate surface area is 273 Å². The molecule has 1 aliphatic heterocycles. The van der Waals surface area contributed by atoms with Crippen LogP contribution in [0.15, 0.2) is 30.7 Å². The van der Waals surface area contributed by atoms with Crippen LogP contribution in [0.5, 0.6) is 0 Å². The van der Waals surface area contributed by atoms with E-state index in [4.69, 9.17) is 0 Å². The van der Waals surface area contributed by atoms with Crippen molar-refractivity contribution in [1.29, 1.82) is 0 Å². The summed E-state index contributed by atoms with van der Waals surface area (Å²) in [6.45, 7) is 13.6. The maximum Gasteiger partial charge on any atom is 0.246 e. The second kappa shape index (κ2) is 16.8. The molecule has 10 heteroatoms. The summed E-state index contributed by atoms with van der Waals surface area (Å²) < 4.78 is 0. The van der Waals surface area contributed by atoms with Gasteiger partial charge in [0.25, 0.3) is 0 Å². The number of hydrogen-bond donors (Lipinski definition) is 1. The fourth-order valence-electron chi connectivity index (χ4n) is 6.66. The molecule has 0 spiro atoms. The first-order chi connectivity index (χ1) is 21.8. The van der Waals surface area contributed by atoms with Gasteiger partial charge in [-0.15, -0.1) is 0 Å². The quantitative estimate of drug-likeness (QED) is 0.137. The van der Waals surface area contributed by atoms with Crippen molar-refractivity contribution in [3.63, 3.8) is 0 Å². The van der Waals surface area contributed by atoms with Gasteiger partial charge in [0, 0.05) is 50.0 Å². The van der Waals surface area contributed by atoms with Crippen LogP contribution in [0.3, 0.4) is 0 Å². The first kappa shape index (κ1) is 36.9. The van der Waals surface area contributed by atoms with Gasteiger partial charge in [0.15, 0.2) is 17.3 Å². The minimum Gasteiger partial charge on any atom is -0.344 e. The van der Waals surface area contributed by atoms with E-state index in [1.807, 2.05) is 60.6 Å². The number of hydrogen-bond acceptors (Lipinski definition) is 8. The third-order valence-electron chi connectivity index (χ3n) is 9.69. The molecular weight excluding hydrogens is 584 g/mol. The SMILES string of the molecule is CCCC(CC(=O)[C@@H]1[C@H]2CC=C[C@H]2CN1C(=O)[C@@H](NC(=O)[C@H](CC(=O)c1cnccn1)C(C)C)C(C)C)C(=O)C(=O)C[C@@H](C)CC. The largest absolute Gasteiger partial charge is 0.344 e. The zero-order chi connectivity index (χ0) is 34.1. The van der Waals surface area contributed by atoms with Crippen molar-refractivity contribution >= 4 is 34.9 Å². The van der Waals surface area contributed by atoms with E-state index in [-0.39, 0.29) is 72.0 Å². The number of allylic oxidation sites excluding steroid dienone is 1. The number of carbonyl (C=O) groups is 6. The van der Waals surface area contributed by atoms with E-state index in [1.165, 1.54) is 18.6 Å². The van der Waals surface area contributed by atoms with E-state index in [0.717, 1.165) is 6.42 Å². The van der Waals surface area contributed by atoms with Gasteiger partial charge in [0.05, 0.1) is 12.2 Å². The fraction of sp³-hybridized carbons (Fsp3) is 0.667. The molecular formula is C36H52N4O6. The van der Waals surface area contributed by atoms with Crippen LogP contribution >= 0.6 is 0 Å². The van der Waals surface area contributed by atoms with Crippen molar-refractivity contribution in [2.75, 3.05) is 6.54 Å². The lowest BCUT2D eigenvalue weighted by atomic mass is 9.83. The average molecular weight is 637 g/mol. The minimum absolute atomic E-state index is 0.00166. The predicted molar refractivity (Wildman–Crippen MR) is 174 cm³/mol. The molecule has 1 saturated heterocycles. The zero-order valence-electron chi connectivity index (χ0n) is 28.5. The second-order valence-electron chi connectivity index (χ2n) is 13.9. The molecule has 1 aromatic heterocycles. The molecule has 2 aliphatic rings. The molecule has 252 valence electrons. The molecule has 1 unspecified atom stereocenters. The first-order valence-corrected chi connectivity index (χ1v) is 17.0. The molecule has 3 rings (SSSR count). The van der Waals surface area contributed by atoms with Crippen LogP contribution < -0.4 is 5.32 Å². The van der Waals surface area contributed by atoms with E-state index in [1.54, 1.807) is 4.90 Å². The van der Waals surface area contributed by atoms with E-state index >= 15 is 0 Å². The van der Waals surface area contributed by atoms with Crippen LogP contribution in [0.4, 0.5) is 0 Å². The van der Waals surface area contributed by atoms with Crippen LogP contribution in [-0.4, -0.2) is 68.4 Å². The van der Waals surface area contributed by atoms with Crippen LogP contribution in [0, 0.1) is 41.4 Å². The summed E-state index contributed by atoms with van der Waals surface area (Å²) in [5, 5.41) is 2.93. The van der Waals surface area contributed by atoms with Gasteiger partial charge >= 0.3 is 0 Å². The highest BCUT2D eigenvalue weighted by atomic mass is 16.2. The Bertz CT molecular complexity index is 1290. The minimum atomic E-state index is -0.913. The molecule has 10 nitrogen and oxygen atoms in total. The van der Waals surface area contributed by atoms with Crippen LogP contribution in [0.25, 0.3) is 0 Å². The normalized spacial score (nSPS) is 21.5. The average Bonchev–Trinajstić information content (AvgIpc) is 3.63. The maximum atomic E-state index is 14.2. The summed E-state index contributed by atoms with van der Waals surface area (Å²) in [5.41, 5.74) is 0.178. The van der Waals surface area contributed by atoms with Crippen LogP contribution in [0.1, 0.15) is 104 Å². The number of aromatic nitrogens is 2. The molecule has 2 heterocycles. The number of nitrogens with zero attached hydrogens (tertiary/aromatic N) is 3. The Morgan fingerprint density at radius 2 is 1.67 bits per heavy atom. The van der Waals surface area contributed by atoms with Crippen LogP contribution in [0.2, 0.25) is 0 Å². The monoisotopic (exact) mass is 636 g/mol. The Balaban J connectivity index is 1.81. The van der Waals surface area contributed by atoms with Crippen molar-refractivity contribution in [1.82, 2.24) is 20.2 Å². The molecule has 46 heavy (non-hydrogen) atoms. The van der Waals surface area contributed by atoms with Crippen molar-refractivity contribution < 1.29 is 28.8 Å². The van der Waals surface area contributed by atoms with Gasteiger partial charge in [0.1, 0.15) is 11.7 Å². The number of carbonyl (C=O) groups excluding carboxylic acids is 6. The summed E-state index contributed by atoms with van der Waals surface area (Å²) in [5.74, 6) is -4.11. The highest BCUT2D eigenvalue weighted by molar-refractivity contribution is 6.38. The maximum absolute atomic E-state index is 14.2.